The van der Waals surface area contributed by atoms with Gasteiger partial charge in [-0.1, -0.05) is 38.4 Å². The van der Waals surface area contributed by atoms with Gasteiger partial charge in [-0.05, 0) is 17.7 Å². The van der Waals surface area contributed by atoms with Gasteiger partial charge in [-0.2, -0.15) is 0 Å². The summed E-state index contributed by atoms with van der Waals surface area (Å²) in [7, 11) is 0. The van der Waals surface area contributed by atoms with E-state index in [0.29, 0.717) is 0 Å². The number of thioether (sulfide) groups is 1. The summed E-state index contributed by atoms with van der Waals surface area (Å²) in [6, 6.07) is 5.68. The van der Waals surface area contributed by atoms with Crippen LogP contribution in [0, 0.1) is 0 Å². The van der Waals surface area contributed by atoms with Crippen molar-refractivity contribution in [1.29, 1.82) is 0 Å². The van der Waals surface area contributed by atoms with Crippen molar-refractivity contribution in [1.82, 2.24) is 0 Å². The molecule has 1 nitrogen and oxygen atoms in total. The molecular weight excluding hydrogens is 216 g/mol. The Morgan fingerprint density at radius 3 is 2.43 bits per heavy atom. The zero-order valence-electron chi connectivity index (χ0n) is 8.67. The molecule has 0 aliphatic carbocycles. The monoisotopic (exact) mass is 230 g/mol. The number of rotatable bonds is 2. The molecule has 0 saturated carbocycles. The fourth-order valence-corrected chi connectivity index (χ4v) is 2.33. The van der Waals surface area contributed by atoms with E-state index in [1.165, 1.54) is 0 Å². The van der Waals surface area contributed by atoms with Gasteiger partial charge in [-0.25, -0.2) is 0 Å². The maximum atomic E-state index is 8.92. The van der Waals surface area contributed by atoms with Crippen LogP contribution >= 0.6 is 23.4 Å². The summed E-state index contributed by atoms with van der Waals surface area (Å²) >= 11 is 7.82. The van der Waals surface area contributed by atoms with Crippen molar-refractivity contribution in [2.24, 2.45) is 0 Å². The van der Waals surface area contributed by atoms with Crippen molar-refractivity contribution in [3.8, 4) is 0 Å². The molecule has 0 heterocycles. The molecule has 0 atom stereocenters. The standard InChI is InChI=1S/C11H15ClOS/c1-11(2,3)14-10-5-4-8(7-13)6-9(10)12/h4-6,13H,7H2,1-3H3. The normalized spacial score (nSPS) is 11.8. The van der Waals surface area contributed by atoms with E-state index >= 15 is 0 Å². The Labute approximate surface area is 94.5 Å². The van der Waals surface area contributed by atoms with E-state index in [0.717, 1.165) is 15.5 Å². The van der Waals surface area contributed by atoms with Crippen LogP contribution in [0.5, 0.6) is 0 Å². The predicted molar refractivity (Wildman–Crippen MR) is 63.0 cm³/mol. The molecule has 1 aromatic carbocycles. The molecule has 0 radical (unpaired) electrons. The minimum atomic E-state index is 0.0418. The number of hydrogen-bond donors (Lipinski definition) is 1. The van der Waals surface area contributed by atoms with E-state index in [1.807, 2.05) is 18.2 Å². The van der Waals surface area contributed by atoms with E-state index in [4.69, 9.17) is 16.7 Å². The molecule has 14 heavy (non-hydrogen) atoms. The molecule has 0 spiro atoms. The summed E-state index contributed by atoms with van der Waals surface area (Å²) < 4.78 is 0.157. The molecule has 1 rings (SSSR count). The molecule has 0 bridgehead atoms. The Kier molecular flexibility index (Phi) is 3.87. The molecule has 78 valence electrons. The lowest BCUT2D eigenvalue weighted by molar-refractivity contribution is 0.282. The summed E-state index contributed by atoms with van der Waals surface area (Å²) in [5.74, 6) is 0. The van der Waals surface area contributed by atoms with Gasteiger partial charge in [0.2, 0.25) is 0 Å². The Morgan fingerprint density at radius 1 is 1.36 bits per heavy atom. The lowest BCUT2D eigenvalue weighted by Crippen LogP contribution is -2.06. The van der Waals surface area contributed by atoms with Gasteiger partial charge < -0.3 is 5.11 Å². The number of halogens is 1. The van der Waals surface area contributed by atoms with E-state index in [1.54, 1.807) is 11.8 Å². The van der Waals surface area contributed by atoms with Gasteiger partial charge in [-0.15, -0.1) is 11.8 Å². The highest BCUT2D eigenvalue weighted by Gasteiger charge is 2.14. The van der Waals surface area contributed by atoms with E-state index in [9.17, 15) is 0 Å². The average molecular weight is 231 g/mol. The van der Waals surface area contributed by atoms with Crippen molar-refractivity contribution in [2.45, 2.75) is 37.0 Å². The third-order valence-corrected chi connectivity index (χ3v) is 3.21. The second-order valence-electron chi connectivity index (χ2n) is 4.14. The molecule has 0 aliphatic heterocycles. The van der Waals surface area contributed by atoms with Crippen molar-refractivity contribution >= 4 is 23.4 Å². The number of hydrogen-bond acceptors (Lipinski definition) is 2. The first kappa shape index (κ1) is 11.9. The summed E-state index contributed by atoms with van der Waals surface area (Å²) in [5.41, 5.74) is 0.855. The summed E-state index contributed by atoms with van der Waals surface area (Å²) in [4.78, 5) is 1.07. The summed E-state index contributed by atoms with van der Waals surface area (Å²) in [6.07, 6.45) is 0. The Bertz CT molecular complexity index is 318. The van der Waals surface area contributed by atoms with Gasteiger partial charge in [0.05, 0.1) is 11.6 Å². The van der Waals surface area contributed by atoms with Crippen LogP contribution in [0.25, 0.3) is 0 Å². The van der Waals surface area contributed by atoms with Crippen molar-refractivity contribution < 1.29 is 5.11 Å². The van der Waals surface area contributed by atoms with E-state index in [-0.39, 0.29) is 11.4 Å². The topological polar surface area (TPSA) is 20.2 Å². The van der Waals surface area contributed by atoms with Crippen molar-refractivity contribution in [3.63, 3.8) is 0 Å². The third-order valence-electron chi connectivity index (χ3n) is 1.60. The van der Waals surface area contributed by atoms with Crippen LogP contribution in [0.3, 0.4) is 0 Å². The van der Waals surface area contributed by atoms with Gasteiger partial charge in [0.25, 0.3) is 0 Å². The first-order valence-electron chi connectivity index (χ1n) is 4.51. The fraction of sp³-hybridized carbons (Fsp3) is 0.455. The predicted octanol–water partition coefficient (Wildman–Crippen LogP) is 3.72. The molecule has 0 saturated heterocycles. The molecule has 1 aromatic rings. The zero-order valence-corrected chi connectivity index (χ0v) is 10.2. The van der Waals surface area contributed by atoms with E-state index < -0.39 is 0 Å². The van der Waals surface area contributed by atoms with Crippen LogP contribution in [0.1, 0.15) is 26.3 Å². The third kappa shape index (κ3) is 3.52. The first-order chi connectivity index (χ1) is 6.42. The molecule has 0 aliphatic rings. The van der Waals surface area contributed by atoms with Crippen LogP contribution in [0.15, 0.2) is 23.1 Å². The maximum Gasteiger partial charge on any atom is 0.0682 e. The largest absolute Gasteiger partial charge is 0.392 e. The number of aliphatic hydroxyl groups excluding tert-OH is 1. The number of benzene rings is 1. The van der Waals surface area contributed by atoms with Crippen molar-refractivity contribution in [3.05, 3.63) is 28.8 Å². The lowest BCUT2D eigenvalue weighted by atomic mass is 10.2. The zero-order chi connectivity index (χ0) is 10.8. The second-order valence-corrected chi connectivity index (χ2v) is 6.41. The first-order valence-corrected chi connectivity index (χ1v) is 5.70. The second kappa shape index (κ2) is 4.56. The van der Waals surface area contributed by atoms with Gasteiger partial charge >= 0.3 is 0 Å². The minimum absolute atomic E-state index is 0.0418. The smallest absolute Gasteiger partial charge is 0.0682 e. The summed E-state index contributed by atoms with van der Waals surface area (Å²) in [6.45, 7) is 6.48. The highest BCUT2D eigenvalue weighted by atomic mass is 35.5. The van der Waals surface area contributed by atoms with Gasteiger partial charge in [-0.3, -0.25) is 0 Å². The van der Waals surface area contributed by atoms with Crippen LogP contribution in [0.2, 0.25) is 5.02 Å². The molecule has 1 N–H and O–H groups in total. The fourth-order valence-electron chi connectivity index (χ4n) is 1.06. The minimum Gasteiger partial charge on any atom is -0.392 e. The van der Waals surface area contributed by atoms with Gasteiger partial charge in [0.1, 0.15) is 0 Å². The van der Waals surface area contributed by atoms with Gasteiger partial charge in [0.15, 0.2) is 0 Å². The molecule has 0 fully saturated rings. The van der Waals surface area contributed by atoms with Crippen LogP contribution in [0.4, 0.5) is 0 Å². The average Bonchev–Trinajstić information content (AvgIpc) is 2.06. The Hall–Kier alpha value is -0.180. The highest BCUT2D eigenvalue weighted by Crippen LogP contribution is 2.36. The molecule has 0 aromatic heterocycles. The molecule has 0 amide bonds. The molecule has 0 unspecified atom stereocenters. The summed E-state index contributed by atoms with van der Waals surface area (Å²) in [5, 5.41) is 9.64. The highest BCUT2D eigenvalue weighted by molar-refractivity contribution is 8.00. The van der Waals surface area contributed by atoms with Crippen LogP contribution in [-0.4, -0.2) is 9.85 Å². The van der Waals surface area contributed by atoms with Crippen LogP contribution in [-0.2, 0) is 6.61 Å². The molecular formula is C11H15ClOS. The maximum absolute atomic E-state index is 8.92. The van der Waals surface area contributed by atoms with Gasteiger partial charge in [0, 0.05) is 9.64 Å². The van der Waals surface area contributed by atoms with E-state index in [2.05, 4.69) is 20.8 Å². The Balaban J connectivity index is 2.89. The number of aliphatic hydroxyl groups is 1. The quantitative estimate of drug-likeness (QED) is 0.782. The lowest BCUT2D eigenvalue weighted by Gasteiger charge is -2.18. The Morgan fingerprint density at radius 2 is 2.00 bits per heavy atom. The SMILES string of the molecule is CC(C)(C)Sc1ccc(CO)cc1Cl. The molecule has 3 heteroatoms. The van der Waals surface area contributed by atoms with Crippen LogP contribution < -0.4 is 0 Å². The van der Waals surface area contributed by atoms with Crippen molar-refractivity contribution in [2.75, 3.05) is 0 Å².